The Morgan fingerprint density at radius 3 is 2.72 bits per heavy atom. The number of nitrogens with zero attached hydrogens (tertiary/aromatic N) is 5. The highest BCUT2D eigenvalue weighted by atomic mass is 19.1. The molecule has 2 aliphatic heterocycles. The Kier molecular flexibility index (Phi) is 6.23. The third-order valence-electron chi connectivity index (χ3n) is 6.25. The Bertz CT molecular complexity index is 834. The quantitative estimate of drug-likeness (QED) is 0.776. The van der Waals surface area contributed by atoms with E-state index in [0.717, 1.165) is 56.0 Å². The lowest BCUT2D eigenvalue weighted by Gasteiger charge is -2.32. The van der Waals surface area contributed by atoms with Crippen molar-refractivity contribution in [2.45, 2.75) is 57.5 Å². The number of likely N-dealkylation sites (tertiary alicyclic amines) is 1. The average Bonchev–Trinajstić information content (AvgIpc) is 3.00. The molecule has 1 amide bonds. The van der Waals surface area contributed by atoms with E-state index in [2.05, 4.69) is 26.7 Å². The zero-order chi connectivity index (χ0) is 20.2. The van der Waals surface area contributed by atoms with Gasteiger partial charge in [-0.15, -0.1) is 10.2 Å². The van der Waals surface area contributed by atoms with E-state index in [1.165, 1.54) is 25.0 Å². The first kappa shape index (κ1) is 20.0. The van der Waals surface area contributed by atoms with Gasteiger partial charge in [0, 0.05) is 32.5 Å². The van der Waals surface area contributed by atoms with Crippen LogP contribution in [-0.4, -0.2) is 57.2 Å². The van der Waals surface area contributed by atoms with Crippen LogP contribution in [0.4, 0.5) is 4.39 Å². The van der Waals surface area contributed by atoms with Gasteiger partial charge in [-0.25, -0.2) is 4.39 Å². The van der Waals surface area contributed by atoms with Crippen molar-refractivity contribution < 1.29 is 9.18 Å². The maximum absolute atomic E-state index is 13.0. The number of piperidine rings is 1. The third-order valence-corrected chi connectivity index (χ3v) is 6.25. The molecule has 0 saturated carbocycles. The van der Waals surface area contributed by atoms with Gasteiger partial charge in [0.25, 0.3) is 0 Å². The predicted octanol–water partition coefficient (Wildman–Crippen LogP) is 2.98. The normalized spacial score (nSPS) is 20.3. The molecule has 0 unspecified atom stereocenters. The molecule has 1 fully saturated rings. The van der Waals surface area contributed by atoms with Crippen LogP contribution in [0.25, 0.3) is 0 Å². The molecule has 6 nitrogen and oxygen atoms in total. The Labute approximate surface area is 171 Å². The second-order valence-electron chi connectivity index (χ2n) is 8.23. The fourth-order valence-electron chi connectivity index (χ4n) is 4.50. The van der Waals surface area contributed by atoms with Crippen LogP contribution in [0.3, 0.4) is 0 Å². The molecule has 1 saturated heterocycles. The van der Waals surface area contributed by atoms with Gasteiger partial charge in [-0.1, -0.05) is 18.6 Å². The Hall–Kier alpha value is -2.28. The Balaban J connectivity index is 1.32. The molecule has 156 valence electrons. The number of hydrogen-bond acceptors (Lipinski definition) is 4. The van der Waals surface area contributed by atoms with E-state index >= 15 is 0 Å². The van der Waals surface area contributed by atoms with Crippen LogP contribution in [0.2, 0.25) is 0 Å². The van der Waals surface area contributed by atoms with E-state index in [9.17, 15) is 9.18 Å². The fourth-order valence-corrected chi connectivity index (χ4v) is 4.50. The van der Waals surface area contributed by atoms with E-state index in [1.807, 2.05) is 4.90 Å². The summed E-state index contributed by atoms with van der Waals surface area (Å²) in [6.45, 7) is 3.29. The van der Waals surface area contributed by atoms with Crippen LogP contribution in [-0.2, 0) is 24.2 Å². The van der Waals surface area contributed by atoms with Crippen LogP contribution < -0.4 is 0 Å². The van der Waals surface area contributed by atoms with Gasteiger partial charge in [-0.3, -0.25) is 9.69 Å². The molecule has 0 bridgehead atoms. The molecule has 4 rings (SSSR count). The summed E-state index contributed by atoms with van der Waals surface area (Å²) in [5, 5.41) is 8.96. The van der Waals surface area contributed by atoms with Crippen molar-refractivity contribution >= 4 is 5.91 Å². The van der Waals surface area contributed by atoms with Crippen molar-refractivity contribution in [2.75, 3.05) is 26.7 Å². The van der Waals surface area contributed by atoms with Crippen molar-refractivity contribution in [1.29, 1.82) is 0 Å². The van der Waals surface area contributed by atoms with Crippen molar-refractivity contribution in [3.05, 3.63) is 47.3 Å². The van der Waals surface area contributed by atoms with Gasteiger partial charge >= 0.3 is 0 Å². The minimum Gasteiger partial charge on any atom is -0.340 e. The van der Waals surface area contributed by atoms with Crippen molar-refractivity contribution in [2.24, 2.45) is 0 Å². The summed E-state index contributed by atoms with van der Waals surface area (Å²) in [6.07, 6.45) is 6.46. The number of carbonyl (C=O) groups excluding carboxylic acids is 1. The molecule has 0 spiro atoms. The molecule has 29 heavy (non-hydrogen) atoms. The lowest BCUT2D eigenvalue weighted by atomic mass is 10.0. The first-order chi connectivity index (χ1) is 14.1. The van der Waals surface area contributed by atoms with Crippen LogP contribution in [0, 0.1) is 5.82 Å². The molecule has 2 aliphatic rings. The first-order valence-electron chi connectivity index (χ1n) is 10.8. The summed E-state index contributed by atoms with van der Waals surface area (Å²) in [4.78, 5) is 17.1. The summed E-state index contributed by atoms with van der Waals surface area (Å²) >= 11 is 0. The maximum Gasteiger partial charge on any atom is 0.222 e. The van der Waals surface area contributed by atoms with E-state index in [1.54, 1.807) is 12.1 Å². The zero-order valence-electron chi connectivity index (χ0n) is 17.2. The van der Waals surface area contributed by atoms with E-state index in [0.29, 0.717) is 25.6 Å². The van der Waals surface area contributed by atoms with Crippen LogP contribution in [0.5, 0.6) is 0 Å². The molecule has 1 atom stereocenters. The number of hydrogen-bond donors (Lipinski definition) is 0. The standard InChI is InChI=1S/C22H30FN5O/c1-26-13-3-2-6-19(26)22-25-24-20-12-14-27(15-16-28(20)22)21(29)7-4-5-17-8-10-18(23)11-9-17/h8-11,19H,2-7,12-16H2,1H3/t19-/m0/s1. The number of benzene rings is 1. The van der Waals surface area contributed by atoms with Crippen LogP contribution >= 0.6 is 0 Å². The minimum absolute atomic E-state index is 0.196. The van der Waals surface area contributed by atoms with Crippen molar-refractivity contribution in [3.63, 3.8) is 0 Å². The Morgan fingerprint density at radius 2 is 1.93 bits per heavy atom. The molecule has 7 heteroatoms. The highest BCUT2D eigenvalue weighted by Crippen LogP contribution is 2.29. The van der Waals surface area contributed by atoms with Crippen molar-refractivity contribution in [3.8, 4) is 0 Å². The van der Waals surface area contributed by atoms with Crippen LogP contribution in [0.15, 0.2) is 24.3 Å². The van der Waals surface area contributed by atoms with Gasteiger partial charge in [0.05, 0.1) is 6.04 Å². The fraction of sp³-hybridized carbons (Fsp3) is 0.591. The molecule has 1 aromatic carbocycles. The largest absolute Gasteiger partial charge is 0.340 e. The summed E-state index contributed by atoms with van der Waals surface area (Å²) in [7, 11) is 2.17. The van der Waals surface area contributed by atoms with Gasteiger partial charge in [0.15, 0.2) is 0 Å². The van der Waals surface area contributed by atoms with Gasteiger partial charge in [-0.05, 0) is 57.0 Å². The molecular formula is C22H30FN5O. The van der Waals surface area contributed by atoms with E-state index in [-0.39, 0.29) is 11.7 Å². The number of halogens is 1. The molecule has 2 aromatic rings. The third kappa shape index (κ3) is 4.66. The SMILES string of the molecule is CN1CCCC[C@H]1c1nnc2n1CCN(C(=O)CCCc1ccc(F)cc1)CC2. The summed E-state index contributed by atoms with van der Waals surface area (Å²) in [6, 6.07) is 6.87. The summed E-state index contributed by atoms with van der Waals surface area (Å²) in [5.41, 5.74) is 1.07. The zero-order valence-corrected chi connectivity index (χ0v) is 17.2. The summed E-state index contributed by atoms with van der Waals surface area (Å²) < 4.78 is 15.2. The van der Waals surface area contributed by atoms with Gasteiger partial charge in [0.2, 0.25) is 5.91 Å². The summed E-state index contributed by atoms with van der Waals surface area (Å²) in [5.74, 6) is 2.04. The number of amides is 1. The molecule has 0 radical (unpaired) electrons. The second kappa shape index (κ2) is 9.03. The number of aromatic nitrogens is 3. The lowest BCUT2D eigenvalue weighted by Crippen LogP contribution is -2.34. The van der Waals surface area contributed by atoms with Crippen molar-refractivity contribution in [1.82, 2.24) is 24.6 Å². The monoisotopic (exact) mass is 399 g/mol. The number of rotatable bonds is 5. The van der Waals surface area contributed by atoms with Gasteiger partial charge < -0.3 is 9.47 Å². The molecule has 1 aromatic heterocycles. The molecule has 0 aliphatic carbocycles. The predicted molar refractivity (Wildman–Crippen MR) is 109 cm³/mol. The first-order valence-corrected chi connectivity index (χ1v) is 10.8. The van der Waals surface area contributed by atoms with Gasteiger partial charge in [0.1, 0.15) is 17.5 Å². The minimum atomic E-state index is -0.222. The van der Waals surface area contributed by atoms with E-state index in [4.69, 9.17) is 0 Å². The highest BCUT2D eigenvalue weighted by Gasteiger charge is 2.29. The Morgan fingerprint density at radius 1 is 1.10 bits per heavy atom. The van der Waals surface area contributed by atoms with Gasteiger partial charge in [-0.2, -0.15) is 0 Å². The van der Waals surface area contributed by atoms with Crippen LogP contribution in [0.1, 0.15) is 55.4 Å². The maximum atomic E-state index is 13.0. The second-order valence-corrected chi connectivity index (χ2v) is 8.23. The molecular weight excluding hydrogens is 369 g/mol. The number of fused-ring (bicyclic) bond motifs is 1. The molecule has 3 heterocycles. The lowest BCUT2D eigenvalue weighted by molar-refractivity contribution is -0.131. The number of carbonyl (C=O) groups is 1. The average molecular weight is 400 g/mol. The topological polar surface area (TPSA) is 54.3 Å². The smallest absolute Gasteiger partial charge is 0.222 e. The number of aryl methyl sites for hydroxylation is 1. The highest BCUT2D eigenvalue weighted by molar-refractivity contribution is 5.76. The van der Waals surface area contributed by atoms with E-state index < -0.39 is 0 Å². The molecule has 0 N–H and O–H groups in total.